The number of alkyl halides is 3. The van der Waals surface area contributed by atoms with E-state index in [4.69, 9.17) is 51.8 Å². The predicted octanol–water partition coefficient (Wildman–Crippen LogP) is 3.09. The summed E-state index contributed by atoms with van der Waals surface area (Å²) < 4.78 is 6.44. The van der Waals surface area contributed by atoms with Crippen molar-refractivity contribution in [3.63, 3.8) is 0 Å². The number of nitro groups is 1. The van der Waals surface area contributed by atoms with E-state index in [-0.39, 0.29) is 5.69 Å². The van der Waals surface area contributed by atoms with Gasteiger partial charge in [-0.05, 0) is 30.2 Å². The average molecular weight is 446 g/mol. The summed E-state index contributed by atoms with van der Waals surface area (Å²) in [6, 6.07) is 6.28. The van der Waals surface area contributed by atoms with E-state index >= 15 is 0 Å². The number of rotatable bonds is 5. The van der Waals surface area contributed by atoms with Gasteiger partial charge in [0.15, 0.2) is 5.11 Å². The smallest absolute Gasteiger partial charge is 0.284 e. The van der Waals surface area contributed by atoms with E-state index in [0.717, 1.165) is 11.9 Å². The molecule has 7 nitrogen and oxygen atoms in total. The second-order valence-corrected chi connectivity index (χ2v) is 8.60. The van der Waals surface area contributed by atoms with Gasteiger partial charge in [-0.3, -0.25) is 10.1 Å². The Bertz CT molecular complexity index is 627. The molecule has 0 aliphatic carbocycles. The van der Waals surface area contributed by atoms with Crippen LogP contribution < -0.4 is 10.0 Å². The summed E-state index contributed by atoms with van der Waals surface area (Å²) in [6.07, 6.45) is -0.863. The van der Waals surface area contributed by atoms with Gasteiger partial charge in [0.2, 0.25) is 3.79 Å². The molecule has 138 valence electrons. The number of ether oxygens (including phenoxy) is 1. The zero-order valence-electron chi connectivity index (χ0n) is 12.8. The third-order valence-corrected chi connectivity index (χ3v) is 5.19. The second kappa shape index (κ2) is 9.40. The number of para-hydroxylation sites is 1. The lowest BCUT2D eigenvalue weighted by atomic mass is 10.3. The van der Waals surface area contributed by atoms with Crippen molar-refractivity contribution in [1.82, 2.24) is 14.9 Å². The first-order chi connectivity index (χ1) is 11.8. The van der Waals surface area contributed by atoms with Crippen LogP contribution in [0.4, 0.5) is 5.69 Å². The van der Waals surface area contributed by atoms with Gasteiger partial charge >= 0.3 is 0 Å². The zero-order valence-corrected chi connectivity index (χ0v) is 16.7. The predicted molar refractivity (Wildman–Crippen MR) is 104 cm³/mol. The number of thiocarbonyl (C=S) groups is 1. The number of halogens is 3. The maximum atomic E-state index is 11.1. The van der Waals surface area contributed by atoms with Gasteiger partial charge in [0.1, 0.15) is 11.1 Å². The molecule has 0 aromatic heterocycles. The number of nitro benzene ring substituents is 1. The van der Waals surface area contributed by atoms with Crippen molar-refractivity contribution in [2.75, 3.05) is 26.3 Å². The van der Waals surface area contributed by atoms with Gasteiger partial charge in [0, 0.05) is 19.2 Å². The third-order valence-electron chi connectivity index (χ3n) is 3.24. The fraction of sp³-hybridized carbons (Fsp3) is 0.462. The molecule has 0 radical (unpaired) electrons. The van der Waals surface area contributed by atoms with Crippen LogP contribution in [-0.2, 0) is 4.74 Å². The molecule has 0 amide bonds. The molecule has 1 aromatic carbocycles. The Morgan fingerprint density at radius 3 is 2.60 bits per heavy atom. The number of nitrogens with one attached hydrogen (secondary N) is 2. The summed E-state index contributed by atoms with van der Waals surface area (Å²) in [5, 5.41) is 14.4. The Labute approximate surface area is 169 Å². The van der Waals surface area contributed by atoms with Gasteiger partial charge in [0.25, 0.3) is 5.69 Å². The Morgan fingerprint density at radius 2 is 2.00 bits per heavy atom. The van der Waals surface area contributed by atoms with Crippen LogP contribution in [-0.4, -0.2) is 51.2 Å². The van der Waals surface area contributed by atoms with Crippen LogP contribution in [0.2, 0.25) is 0 Å². The summed E-state index contributed by atoms with van der Waals surface area (Å²) in [6.45, 7) is 2.41. The van der Waals surface area contributed by atoms with Crippen molar-refractivity contribution in [1.29, 1.82) is 0 Å². The standard InChI is InChI=1S/C13H15Cl3N4O3S2/c14-13(15,16)11(17-12(24)19-5-7-23-8-6-19)18-25-10-4-2-1-3-9(10)20(21)22/h1-4,11,18H,5-8H2,(H,17,24). The van der Waals surface area contributed by atoms with Gasteiger partial charge in [-0.1, -0.05) is 46.9 Å². The molecule has 0 saturated carbocycles. The van der Waals surface area contributed by atoms with E-state index in [9.17, 15) is 10.1 Å². The van der Waals surface area contributed by atoms with Gasteiger partial charge in [0.05, 0.1) is 18.1 Å². The maximum Gasteiger partial charge on any atom is 0.284 e. The molecule has 1 aromatic rings. The Kier molecular flexibility index (Phi) is 7.81. The molecule has 1 aliphatic rings. The van der Waals surface area contributed by atoms with Crippen molar-refractivity contribution in [2.45, 2.75) is 14.9 Å². The molecule has 25 heavy (non-hydrogen) atoms. The van der Waals surface area contributed by atoms with Crippen molar-refractivity contribution in [3.05, 3.63) is 34.4 Å². The summed E-state index contributed by atoms with van der Waals surface area (Å²) in [4.78, 5) is 12.9. The van der Waals surface area contributed by atoms with Crippen LogP contribution in [0, 0.1) is 10.1 Å². The first-order valence-corrected chi connectivity index (χ1v) is 9.50. The molecule has 1 fully saturated rings. The summed E-state index contributed by atoms with van der Waals surface area (Å²) in [7, 11) is 0. The number of hydrogen-bond acceptors (Lipinski definition) is 6. The van der Waals surface area contributed by atoms with Crippen LogP contribution >= 0.6 is 59.0 Å². The second-order valence-electron chi connectivity index (χ2n) is 4.97. The fourth-order valence-electron chi connectivity index (χ4n) is 1.98. The lowest BCUT2D eigenvalue weighted by molar-refractivity contribution is -0.387. The molecule has 0 spiro atoms. The minimum absolute atomic E-state index is 0.0428. The third kappa shape index (κ3) is 6.28. The van der Waals surface area contributed by atoms with Gasteiger partial charge < -0.3 is 15.0 Å². The van der Waals surface area contributed by atoms with E-state index in [1.54, 1.807) is 18.2 Å². The molecule has 0 bridgehead atoms. The lowest BCUT2D eigenvalue weighted by Gasteiger charge is -2.33. The largest absolute Gasteiger partial charge is 0.378 e. The van der Waals surface area contributed by atoms with Crippen LogP contribution in [0.5, 0.6) is 0 Å². The minimum atomic E-state index is -1.73. The monoisotopic (exact) mass is 444 g/mol. The fourth-order valence-corrected chi connectivity index (χ4v) is 3.67. The summed E-state index contributed by atoms with van der Waals surface area (Å²) in [5.41, 5.74) is -0.0428. The molecule has 2 N–H and O–H groups in total. The van der Waals surface area contributed by atoms with E-state index in [1.165, 1.54) is 6.07 Å². The highest BCUT2D eigenvalue weighted by atomic mass is 35.6. The van der Waals surface area contributed by atoms with Crippen LogP contribution in [0.3, 0.4) is 0 Å². The van der Waals surface area contributed by atoms with Gasteiger partial charge in [-0.2, -0.15) is 0 Å². The van der Waals surface area contributed by atoms with E-state index in [2.05, 4.69) is 10.0 Å². The van der Waals surface area contributed by atoms with Crippen LogP contribution in [0.1, 0.15) is 0 Å². The topological polar surface area (TPSA) is 79.7 Å². The lowest BCUT2D eigenvalue weighted by Crippen LogP contribution is -2.56. The molecule has 12 heteroatoms. The highest BCUT2D eigenvalue weighted by molar-refractivity contribution is 7.97. The number of nitrogens with zero attached hydrogens (tertiary/aromatic N) is 2. The first kappa shape index (κ1) is 20.8. The molecule has 1 aliphatic heterocycles. The average Bonchev–Trinajstić information content (AvgIpc) is 2.58. The molecule has 1 unspecified atom stereocenters. The normalized spacial score (nSPS) is 16.4. The van der Waals surface area contributed by atoms with E-state index in [1.807, 2.05) is 4.90 Å². The zero-order chi connectivity index (χ0) is 18.4. The van der Waals surface area contributed by atoms with Crippen molar-refractivity contribution in [2.24, 2.45) is 0 Å². The van der Waals surface area contributed by atoms with Crippen molar-refractivity contribution < 1.29 is 9.66 Å². The Hall–Kier alpha value is -0.550. The quantitative estimate of drug-likeness (QED) is 0.179. The number of benzene rings is 1. The Morgan fingerprint density at radius 1 is 1.36 bits per heavy atom. The molecule has 2 rings (SSSR count). The molecule has 1 saturated heterocycles. The van der Waals surface area contributed by atoms with Crippen molar-refractivity contribution >= 4 is 69.8 Å². The van der Waals surface area contributed by atoms with Crippen LogP contribution in [0.25, 0.3) is 0 Å². The highest BCUT2D eigenvalue weighted by Gasteiger charge is 2.34. The molecule has 1 atom stereocenters. The van der Waals surface area contributed by atoms with E-state index < -0.39 is 14.9 Å². The SMILES string of the molecule is O=[N+]([O-])c1ccccc1SNC(NC(=S)N1CCOCC1)C(Cl)(Cl)Cl. The highest BCUT2D eigenvalue weighted by Crippen LogP contribution is 2.33. The minimum Gasteiger partial charge on any atom is -0.378 e. The van der Waals surface area contributed by atoms with Crippen LogP contribution in [0.15, 0.2) is 29.2 Å². The van der Waals surface area contributed by atoms with Crippen molar-refractivity contribution in [3.8, 4) is 0 Å². The van der Waals surface area contributed by atoms with E-state index in [0.29, 0.717) is 36.3 Å². The molecular formula is C13H15Cl3N4O3S2. The Balaban J connectivity index is 2.03. The molecular weight excluding hydrogens is 431 g/mol. The van der Waals surface area contributed by atoms with Gasteiger partial charge in [-0.15, -0.1) is 0 Å². The number of morpholine rings is 1. The maximum absolute atomic E-state index is 11.1. The molecule has 1 heterocycles. The van der Waals surface area contributed by atoms with Gasteiger partial charge in [-0.25, -0.2) is 4.72 Å². The summed E-state index contributed by atoms with van der Waals surface area (Å²) >= 11 is 24.4. The first-order valence-electron chi connectivity index (χ1n) is 7.14. The number of hydrogen-bond donors (Lipinski definition) is 2. The summed E-state index contributed by atoms with van der Waals surface area (Å²) in [5.74, 6) is 0.